The smallest absolute Gasteiger partial charge is 0.290 e. The Labute approximate surface area is 140 Å². The summed E-state index contributed by atoms with van der Waals surface area (Å²) in [4.78, 5) is 25.6. The van der Waals surface area contributed by atoms with Gasteiger partial charge >= 0.3 is 0 Å². The van der Waals surface area contributed by atoms with E-state index in [1.165, 1.54) is 32.4 Å². The summed E-state index contributed by atoms with van der Waals surface area (Å²) in [5.74, 6) is 1.63. The van der Waals surface area contributed by atoms with Crippen LogP contribution in [0.1, 0.15) is 52.9 Å². The Morgan fingerprint density at radius 2 is 1.74 bits per heavy atom. The number of likely N-dealkylation sites (tertiary alicyclic amines) is 2. The highest BCUT2D eigenvalue weighted by Gasteiger charge is 2.50. The number of rotatable bonds is 2. The highest BCUT2D eigenvalue weighted by atomic mass is 16.3. The third kappa shape index (κ3) is 4.25. The molecule has 1 spiro atoms. The molecule has 5 nitrogen and oxygen atoms in total. The molecule has 2 heterocycles. The first-order valence-electron chi connectivity index (χ1n) is 9.01. The van der Waals surface area contributed by atoms with Crippen molar-refractivity contribution in [2.24, 2.45) is 17.3 Å². The largest absolute Gasteiger partial charge is 0.483 e. The summed E-state index contributed by atoms with van der Waals surface area (Å²) in [5, 5.41) is 6.89. The van der Waals surface area contributed by atoms with Crippen molar-refractivity contribution in [2.45, 2.75) is 58.9 Å². The molecule has 5 heteroatoms. The van der Waals surface area contributed by atoms with E-state index in [0.29, 0.717) is 23.3 Å². The Balaban J connectivity index is 0.000000595. The predicted octanol–water partition coefficient (Wildman–Crippen LogP) is 2.46. The quantitative estimate of drug-likeness (QED) is 0.793. The maximum Gasteiger partial charge on any atom is 0.290 e. The molecule has 0 unspecified atom stereocenters. The van der Waals surface area contributed by atoms with E-state index in [4.69, 9.17) is 9.90 Å². The van der Waals surface area contributed by atoms with Crippen LogP contribution in [0.15, 0.2) is 0 Å². The molecule has 3 fully saturated rings. The molecule has 132 valence electrons. The zero-order chi connectivity index (χ0) is 17.0. The van der Waals surface area contributed by atoms with Crippen LogP contribution < -0.4 is 0 Å². The Kier molecular flexibility index (Phi) is 6.06. The molecule has 2 saturated heterocycles. The number of amides is 1. The lowest BCUT2D eigenvalue weighted by Gasteiger charge is -2.49. The number of carbonyl (C=O) groups excluding carboxylic acids is 1. The van der Waals surface area contributed by atoms with Crippen LogP contribution in [0, 0.1) is 17.3 Å². The van der Waals surface area contributed by atoms with Gasteiger partial charge in [-0.2, -0.15) is 0 Å². The molecule has 2 aliphatic heterocycles. The summed E-state index contributed by atoms with van der Waals surface area (Å²) >= 11 is 0. The maximum atomic E-state index is 12.6. The minimum atomic E-state index is -0.250. The van der Waals surface area contributed by atoms with Crippen molar-refractivity contribution >= 4 is 12.4 Å². The van der Waals surface area contributed by atoms with Crippen LogP contribution in [0.2, 0.25) is 0 Å². The van der Waals surface area contributed by atoms with Crippen molar-refractivity contribution in [3.63, 3.8) is 0 Å². The minimum Gasteiger partial charge on any atom is -0.483 e. The molecule has 0 aromatic rings. The molecule has 1 N–H and O–H groups in total. The van der Waals surface area contributed by atoms with Crippen molar-refractivity contribution in [3.8, 4) is 0 Å². The van der Waals surface area contributed by atoms with Gasteiger partial charge in [0.25, 0.3) is 6.47 Å². The highest BCUT2D eigenvalue weighted by Crippen LogP contribution is 2.42. The van der Waals surface area contributed by atoms with Crippen LogP contribution in [-0.2, 0) is 9.59 Å². The highest BCUT2D eigenvalue weighted by molar-refractivity contribution is 5.80. The molecule has 0 aromatic heterocycles. The first-order valence-corrected chi connectivity index (χ1v) is 9.01. The molecule has 0 aromatic carbocycles. The van der Waals surface area contributed by atoms with E-state index < -0.39 is 0 Å². The standard InChI is InChI=1S/C17H30N2O.CH2O2/c1-13(2)18-9-8-17(10-18)11-19(12-17)16(20)15-6-4-14(3)5-7-15;2-1-3/h13-15H,4-12H2,1-3H3;1H,(H,2,3). The van der Waals surface area contributed by atoms with Crippen molar-refractivity contribution < 1.29 is 14.7 Å². The van der Waals surface area contributed by atoms with Crippen LogP contribution in [0.25, 0.3) is 0 Å². The SMILES string of the molecule is CC1CCC(C(=O)N2CC3(CCN(C(C)C)C3)C2)CC1.O=CO. The lowest BCUT2D eigenvalue weighted by molar-refractivity contribution is -0.148. The molecule has 3 aliphatic rings. The van der Waals surface area contributed by atoms with E-state index in [2.05, 4.69) is 30.6 Å². The average Bonchev–Trinajstić information content (AvgIpc) is 2.92. The van der Waals surface area contributed by atoms with Gasteiger partial charge in [-0.05, 0) is 58.4 Å². The Bertz CT molecular complexity index is 410. The Morgan fingerprint density at radius 1 is 1.17 bits per heavy atom. The third-order valence-corrected chi connectivity index (χ3v) is 5.93. The zero-order valence-corrected chi connectivity index (χ0v) is 14.8. The van der Waals surface area contributed by atoms with Gasteiger partial charge in [-0.3, -0.25) is 9.59 Å². The van der Waals surface area contributed by atoms with Crippen molar-refractivity contribution in [3.05, 3.63) is 0 Å². The molecule has 0 radical (unpaired) electrons. The fourth-order valence-corrected chi connectivity index (χ4v) is 4.35. The van der Waals surface area contributed by atoms with E-state index >= 15 is 0 Å². The van der Waals surface area contributed by atoms with Gasteiger partial charge in [-0.25, -0.2) is 0 Å². The van der Waals surface area contributed by atoms with Crippen LogP contribution in [-0.4, -0.2) is 59.5 Å². The van der Waals surface area contributed by atoms with E-state index in [-0.39, 0.29) is 6.47 Å². The summed E-state index contributed by atoms with van der Waals surface area (Å²) in [7, 11) is 0. The fourth-order valence-electron chi connectivity index (χ4n) is 4.35. The normalized spacial score (nSPS) is 29.8. The van der Waals surface area contributed by atoms with Gasteiger partial charge in [0.1, 0.15) is 0 Å². The van der Waals surface area contributed by atoms with Gasteiger partial charge in [0.05, 0.1) is 0 Å². The summed E-state index contributed by atoms with van der Waals surface area (Å²) in [6, 6.07) is 0.652. The second-order valence-corrected chi connectivity index (χ2v) is 8.07. The van der Waals surface area contributed by atoms with Crippen LogP contribution >= 0.6 is 0 Å². The van der Waals surface area contributed by atoms with Gasteiger partial charge in [-0.1, -0.05) is 6.92 Å². The van der Waals surface area contributed by atoms with E-state index in [0.717, 1.165) is 31.8 Å². The van der Waals surface area contributed by atoms with Crippen molar-refractivity contribution in [1.82, 2.24) is 9.80 Å². The number of carboxylic acid groups (broad SMARTS) is 1. The summed E-state index contributed by atoms with van der Waals surface area (Å²) in [5.41, 5.74) is 0.446. The lowest BCUT2D eigenvalue weighted by Crippen LogP contribution is -2.61. The van der Waals surface area contributed by atoms with Crippen LogP contribution in [0.3, 0.4) is 0 Å². The lowest BCUT2D eigenvalue weighted by atomic mass is 9.76. The first kappa shape index (κ1) is 18.2. The number of hydrogen-bond donors (Lipinski definition) is 1. The molecule has 3 rings (SSSR count). The molecule has 23 heavy (non-hydrogen) atoms. The Hall–Kier alpha value is -1.10. The zero-order valence-electron chi connectivity index (χ0n) is 14.8. The monoisotopic (exact) mass is 324 g/mol. The molecule has 1 saturated carbocycles. The molecule has 1 aliphatic carbocycles. The van der Waals surface area contributed by atoms with Crippen molar-refractivity contribution in [2.75, 3.05) is 26.2 Å². The molecule has 0 atom stereocenters. The minimum absolute atomic E-state index is 0.250. The third-order valence-electron chi connectivity index (χ3n) is 5.93. The Morgan fingerprint density at radius 3 is 2.22 bits per heavy atom. The maximum absolute atomic E-state index is 12.6. The molecule has 0 bridgehead atoms. The van der Waals surface area contributed by atoms with Gasteiger partial charge in [0.15, 0.2) is 0 Å². The van der Waals surface area contributed by atoms with E-state index in [9.17, 15) is 4.79 Å². The summed E-state index contributed by atoms with van der Waals surface area (Å²) in [6.45, 7) is 11.1. The summed E-state index contributed by atoms with van der Waals surface area (Å²) in [6.07, 6.45) is 6.03. The molecular weight excluding hydrogens is 292 g/mol. The predicted molar refractivity (Wildman–Crippen MR) is 90.2 cm³/mol. The number of nitrogens with zero attached hydrogens (tertiary/aromatic N) is 2. The topological polar surface area (TPSA) is 60.9 Å². The van der Waals surface area contributed by atoms with Crippen LogP contribution in [0.4, 0.5) is 0 Å². The molecule has 1 amide bonds. The number of hydrogen-bond acceptors (Lipinski definition) is 3. The molecular formula is C18H32N2O3. The van der Waals surface area contributed by atoms with Crippen molar-refractivity contribution in [1.29, 1.82) is 0 Å². The average molecular weight is 324 g/mol. The second kappa shape index (κ2) is 7.65. The number of carbonyl (C=O) groups is 2. The fraction of sp³-hybridized carbons (Fsp3) is 0.889. The van der Waals surface area contributed by atoms with E-state index in [1.807, 2.05) is 0 Å². The van der Waals surface area contributed by atoms with Crippen LogP contribution in [0.5, 0.6) is 0 Å². The van der Waals surface area contributed by atoms with Gasteiger partial charge in [0, 0.05) is 37.0 Å². The first-order chi connectivity index (χ1) is 10.9. The second-order valence-electron chi connectivity index (χ2n) is 8.07. The van der Waals surface area contributed by atoms with Gasteiger partial charge < -0.3 is 14.9 Å². The van der Waals surface area contributed by atoms with E-state index in [1.54, 1.807) is 0 Å². The van der Waals surface area contributed by atoms with Gasteiger partial charge in [-0.15, -0.1) is 0 Å². The van der Waals surface area contributed by atoms with Gasteiger partial charge in [0.2, 0.25) is 5.91 Å². The summed E-state index contributed by atoms with van der Waals surface area (Å²) < 4.78 is 0.